The third-order valence-corrected chi connectivity index (χ3v) is 3.46. The molecule has 0 radical (unpaired) electrons. The zero-order valence-corrected chi connectivity index (χ0v) is 12.6. The quantitative estimate of drug-likeness (QED) is 0.823. The first kappa shape index (κ1) is 14.5. The van der Waals surface area contributed by atoms with Crippen LogP contribution in [0.25, 0.3) is 0 Å². The van der Waals surface area contributed by atoms with Crippen molar-refractivity contribution < 1.29 is 0 Å². The molecule has 0 bridgehead atoms. The largest absolute Gasteiger partial charge is 0.384 e. The molecule has 3 heteroatoms. The second kappa shape index (κ2) is 7.72. The van der Waals surface area contributed by atoms with Gasteiger partial charge in [-0.2, -0.15) is 0 Å². The Morgan fingerprint density at radius 2 is 2.18 bits per heavy atom. The number of likely N-dealkylation sites (N-methyl/N-ethyl adjacent to an activating group) is 1. The van der Waals surface area contributed by atoms with Crippen molar-refractivity contribution in [1.29, 1.82) is 0 Å². The number of hydrogen-bond donors (Lipinski definition) is 1. The SMILES string of the molecule is CCC(C)CN(C)CCNc1cccc(Br)c1. The van der Waals surface area contributed by atoms with E-state index in [1.54, 1.807) is 0 Å². The summed E-state index contributed by atoms with van der Waals surface area (Å²) in [5, 5.41) is 3.44. The minimum absolute atomic E-state index is 0.783. The third kappa shape index (κ3) is 6.08. The van der Waals surface area contributed by atoms with Gasteiger partial charge in [0.25, 0.3) is 0 Å². The Balaban J connectivity index is 2.23. The monoisotopic (exact) mass is 298 g/mol. The van der Waals surface area contributed by atoms with Crippen LogP contribution < -0.4 is 5.32 Å². The molecule has 0 fully saturated rings. The summed E-state index contributed by atoms with van der Waals surface area (Å²) in [6.45, 7) is 7.80. The first-order valence-electron chi connectivity index (χ1n) is 6.29. The molecule has 0 aromatic heterocycles. The first-order chi connectivity index (χ1) is 8.11. The molecule has 0 aliphatic carbocycles. The molecule has 0 heterocycles. The van der Waals surface area contributed by atoms with E-state index in [9.17, 15) is 0 Å². The highest BCUT2D eigenvalue weighted by molar-refractivity contribution is 9.10. The molecular formula is C14H23BrN2. The van der Waals surface area contributed by atoms with Gasteiger partial charge in [-0.25, -0.2) is 0 Å². The van der Waals surface area contributed by atoms with Gasteiger partial charge in [0.2, 0.25) is 0 Å². The van der Waals surface area contributed by atoms with Crippen LogP contribution in [0.2, 0.25) is 0 Å². The van der Waals surface area contributed by atoms with E-state index in [0.717, 1.165) is 23.5 Å². The van der Waals surface area contributed by atoms with E-state index in [4.69, 9.17) is 0 Å². The van der Waals surface area contributed by atoms with Crippen LogP contribution in [0.5, 0.6) is 0 Å². The summed E-state index contributed by atoms with van der Waals surface area (Å²) in [5.41, 5.74) is 1.18. The van der Waals surface area contributed by atoms with Crippen molar-refractivity contribution in [1.82, 2.24) is 4.90 Å². The molecule has 96 valence electrons. The lowest BCUT2D eigenvalue weighted by Crippen LogP contribution is -2.29. The second-order valence-corrected chi connectivity index (χ2v) is 5.63. The van der Waals surface area contributed by atoms with Crippen LogP contribution in [0.1, 0.15) is 20.3 Å². The molecule has 1 aromatic carbocycles. The molecule has 1 aromatic rings. The van der Waals surface area contributed by atoms with Gasteiger partial charge < -0.3 is 10.2 Å². The van der Waals surface area contributed by atoms with Crippen molar-refractivity contribution in [2.24, 2.45) is 5.92 Å². The van der Waals surface area contributed by atoms with Crippen LogP contribution in [0, 0.1) is 5.92 Å². The molecular weight excluding hydrogens is 276 g/mol. The molecule has 0 saturated heterocycles. The van der Waals surface area contributed by atoms with Gasteiger partial charge >= 0.3 is 0 Å². The number of hydrogen-bond acceptors (Lipinski definition) is 2. The molecule has 0 amide bonds. The lowest BCUT2D eigenvalue weighted by Gasteiger charge is -2.20. The van der Waals surface area contributed by atoms with Gasteiger partial charge in [-0.1, -0.05) is 42.3 Å². The average Bonchev–Trinajstić information content (AvgIpc) is 2.29. The topological polar surface area (TPSA) is 15.3 Å². The van der Waals surface area contributed by atoms with Gasteiger partial charge in [0.15, 0.2) is 0 Å². The highest BCUT2D eigenvalue weighted by atomic mass is 79.9. The van der Waals surface area contributed by atoms with Gasteiger partial charge in [0.05, 0.1) is 0 Å². The van der Waals surface area contributed by atoms with E-state index in [1.807, 2.05) is 6.07 Å². The highest BCUT2D eigenvalue weighted by Crippen LogP contribution is 2.15. The van der Waals surface area contributed by atoms with Gasteiger partial charge in [-0.15, -0.1) is 0 Å². The Hall–Kier alpha value is -0.540. The van der Waals surface area contributed by atoms with Gasteiger partial charge in [0, 0.05) is 29.8 Å². The van der Waals surface area contributed by atoms with E-state index in [-0.39, 0.29) is 0 Å². The van der Waals surface area contributed by atoms with E-state index in [0.29, 0.717) is 0 Å². The molecule has 0 aliphatic heterocycles. The van der Waals surface area contributed by atoms with Gasteiger partial charge in [-0.3, -0.25) is 0 Å². The standard InChI is InChI=1S/C14H23BrN2/c1-4-12(2)11-17(3)9-8-16-14-7-5-6-13(15)10-14/h5-7,10,12,16H,4,8-9,11H2,1-3H3. The Morgan fingerprint density at radius 3 is 2.82 bits per heavy atom. The zero-order chi connectivity index (χ0) is 12.7. The van der Waals surface area contributed by atoms with E-state index in [1.165, 1.54) is 18.7 Å². The molecule has 1 unspecified atom stereocenters. The first-order valence-corrected chi connectivity index (χ1v) is 7.09. The van der Waals surface area contributed by atoms with E-state index < -0.39 is 0 Å². The maximum atomic E-state index is 3.47. The van der Waals surface area contributed by atoms with Crippen LogP contribution in [0.4, 0.5) is 5.69 Å². The summed E-state index contributed by atoms with van der Waals surface area (Å²) in [7, 11) is 2.19. The van der Waals surface area contributed by atoms with Crippen LogP contribution >= 0.6 is 15.9 Å². The fraction of sp³-hybridized carbons (Fsp3) is 0.571. The van der Waals surface area contributed by atoms with Crippen molar-refractivity contribution in [3.63, 3.8) is 0 Å². The van der Waals surface area contributed by atoms with E-state index >= 15 is 0 Å². The lowest BCUT2D eigenvalue weighted by atomic mass is 10.1. The minimum atomic E-state index is 0.783. The van der Waals surface area contributed by atoms with Crippen molar-refractivity contribution in [2.75, 3.05) is 32.0 Å². The summed E-state index contributed by atoms with van der Waals surface area (Å²) in [4.78, 5) is 2.39. The summed E-state index contributed by atoms with van der Waals surface area (Å²) >= 11 is 3.47. The minimum Gasteiger partial charge on any atom is -0.384 e. The Kier molecular flexibility index (Phi) is 6.60. The normalized spacial score (nSPS) is 12.8. The van der Waals surface area contributed by atoms with Crippen LogP contribution in [0.15, 0.2) is 28.7 Å². The summed E-state index contributed by atoms with van der Waals surface area (Å²) in [6.07, 6.45) is 1.25. The number of nitrogens with one attached hydrogen (secondary N) is 1. The Labute approximate surface area is 114 Å². The van der Waals surface area contributed by atoms with Crippen molar-refractivity contribution in [3.8, 4) is 0 Å². The average molecular weight is 299 g/mol. The van der Waals surface area contributed by atoms with Crippen molar-refractivity contribution in [3.05, 3.63) is 28.7 Å². The number of rotatable bonds is 7. The summed E-state index contributed by atoms with van der Waals surface area (Å²) < 4.78 is 1.12. The van der Waals surface area contributed by atoms with Crippen LogP contribution in [-0.2, 0) is 0 Å². The number of anilines is 1. The highest BCUT2D eigenvalue weighted by Gasteiger charge is 2.03. The molecule has 0 aliphatic rings. The fourth-order valence-corrected chi connectivity index (χ4v) is 2.14. The summed E-state index contributed by atoms with van der Waals surface area (Å²) in [6, 6.07) is 8.30. The molecule has 0 spiro atoms. The Morgan fingerprint density at radius 1 is 1.41 bits per heavy atom. The van der Waals surface area contributed by atoms with Crippen LogP contribution in [0.3, 0.4) is 0 Å². The third-order valence-electron chi connectivity index (χ3n) is 2.97. The molecule has 1 N–H and O–H groups in total. The second-order valence-electron chi connectivity index (χ2n) is 4.71. The number of benzene rings is 1. The predicted molar refractivity (Wildman–Crippen MR) is 79.6 cm³/mol. The number of halogens is 1. The zero-order valence-electron chi connectivity index (χ0n) is 11.0. The van der Waals surface area contributed by atoms with Gasteiger partial charge in [0.1, 0.15) is 0 Å². The molecule has 17 heavy (non-hydrogen) atoms. The molecule has 1 atom stereocenters. The summed E-state index contributed by atoms with van der Waals surface area (Å²) in [5.74, 6) is 0.783. The van der Waals surface area contributed by atoms with Crippen molar-refractivity contribution in [2.45, 2.75) is 20.3 Å². The van der Waals surface area contributed by atoms with Crippen LogP contribution in [-0.4, -0.2) is 31.6 Å². The fourth-order valence-electron chi connectivity index (χ4n) is 1.74. The lowest BCUT2D eigenvalue weighted by molar-refractivity contribution is 0.291. The number of nitrogens with zero attached hydrogens (tertiary/aromatic N) is 1. The maximum Gasteiger partial charge on any atom is 0.0351 e. The van der Waals surface area contributed by atoms with Gasteiger partial charge in [-0.05, 0) is 31.2 Å². The predicted octanol–water partition coefficient (Wildman–Crippen LogP) is 3.84. The Bertz CT molecular complexity index is 328. The van der Waals surface area contributed by atoms with Crippen molar-refractivity contribution >= 4 is 21.6 Å². The maximum absolute atomic E-state index is 3.47. The smallest absolute Gasteiger partial charge is 0.0351 e. The molecule has 2 nitrogen and oxygen atoms in total. The van der Waals surface area contributed by atoms with E-state index in [2.05, 4.69) is 65.2 Å². The molecule has 0 saturated carbocycles. The molecule has 1 rings (SSSR count).